The number of phenols is 1. The molecule has 0 bridgehead atoms. The van der Waals surface area contributed by atoms with Crippen molar-refractivity contribution in [3.05, 3.63) is 27.8 Å². The molecule has 0 spiro atoms. The van der Waals surface area contributed by atoms with Gasteiger partial charge in [0.2, 0.25) is 0 Å². The molecule has 3 N–H and O–H groups in total. The Kier molecular flexibility index (Phi) is 2.92. The van der Waals surface area contributed by atoms with Crippen LogP contribution < -0.4 is 15.4 Å². The van der Waals surface area contributed by atoms with Gasteiger partial charge in [-0.05, 0) is 0 Å². The second kappa shape index (κ2) is 4.40. The predicted octanol–water partition coefficient (Wildman–Crippen LogP) is 0.663. The maximum atomic E-state index is 11.0. The highest BCUT2D eigenvalue weighted by Crippen LogP contribution is 2.38. The van der Waals surface area contributed by atoms with Crippen molar-refractivity contribution >= 4 is 11.7 Å². The molecule has 1 fully saturated rings. The Hall–Kier alpha value is -2.51. The monoisotopic (exact) mass is 253 g/mol. The minimum atomic E-state index is -0.588. The lowest BCUT2D eigenvalue weighted by Gasteiger charge is -2.13. The summed E-state index contributed by atoms with van der Waals surface area (Å²) in [5.74, 6) is -0.211. The molecule has 0 radical (unpaired) electrons. The van der Waals surface area contributed by atoms with Crippen LogP contribution in [-0.4, -0.2) is 29.7 Å². The van der Waals surface area contributed by atoms with E-state index in [2.05, 4.69) is 10.6 Å². The average molecular weight is 253 g/mol. The van der Waals surface area contributed by atoms with Gasteiger partial charge in [0.25, 0.3) is 5.69 Å². The van der Waals surface area contributed by atoms with Crippen molar-refractivity contribution in [2.24, 2.45) is 0 Å². The molecule has 0 aromatic heterocycles. The molecule has 8 nitrogen and oxygen atoms in total. The number of carbonyl (C=O) groups is 1. The summed E-state index contributed by atoms with van der Waals surface area (Å²) in [7, 11) is 1.30. The van der Waals surface area contributed by atoms with E-state index in [9.17, 15) is 20.0 Å². The van der Waals surface area contributed by atoms with Crippen molar-refractivity contribution in [3.63, 3.8) is 0 Å². The predicted molar refractivity (Wildman–Crippen MR) is 60.6 cm³/mol. The topological polar surface area (TPSA) is 114 Å². The lowest BCUT2D eigenvalue weighted by Crippen LogP contribution is -2.21. The molecular weight excluding hydrogens is 242 g/mol. The number of ether oxygens (including phenoxy) is 1. The van der Waals surface area contributed by atoms with Crippen LogP contribution in [0, 0.1) is 10.1 Å². The first-order chi connectivity index (χ1) is 8.52. The highest BCUT2D eigenvalue weighted by atomic mass is 16.6. The normalized spacial score (nSPS) is 18.1. The summed E-state index contributed by atoms with van der Waals surface area (Å²) >= 11 is 0. The van der Waals surface area contributed by atoms with Crippen LogP contribution in [0.3, 0.4) is 0 Å². The van der Waals surface area contributed by atoms with Gasteiger partial charge in [-0.2, -0.15) is 0 Å². The number of nitro groups is 1. The molecule has 1 aromatic carbocycles. The van der Waals surface area contributed by atoms with Crippen molar-refractivity contribution in [1.29, 1.82) is 0 Å². The number of rotatable bonds is 3. The second-order valence-corrected chi connectivity index (χ2v) is 3.75. The number of aromatic hydroxyl groups is 1. The number of phenolic OH excluding ortho intramolecular Hbond substituents is 1. The zero-order valence-corrected chi connectivity index (χ0v) is 9.47. The zero-order chi connectivity index (χ0) is 13.3. The summed E-state index contributed by atoms with van der Waals surface area (Å²) < 4.78 is 4.88. The number of nitrogens with one attached hydrogen (secondary N) is 2. The zero-order valence-electron chi connectivity index (χ0n) is 9.47. The third-order valence-corrected chi connectivity index (χ3v) is 2.67. The summed E-state index contributed by atoms with van der Waals surface area (Å²) in [4.78, 5) is 21.2. The average Bonchev–Trinajstić information content (AvgIpc) is 2.75. The maximum Gasteiger partial charge on any atom is 0.315 e. The van der Waals surface area contributed by atoms with Crippen molar-refractivity contribution in [1.82, 2.24) is 10.6 Å². The van der Waals surface area contributed by atoms with E-state index in [1.165, 1.54) is 13.2 Å². The standard InChI is InChI=1S/C10H11N3O5/c1-18-8-3-5(13(16)17)2-6(9(8)14)7-4-11-10(15)12-7/h2-3,7,14H,4H2,1H3,(H2,11,12,15)/t7-/m0/s1. The number of hydrogen-bond donors (Lipinski definition) is 3. The first kappa shape index (κ1) is 12.0. The van der Waals surface area contributed by atoms with Crippen molar-refractivity contribution in [2.75, 3.05) is 13.7 Å². The van der Waals surface area contributed by atoms with E-state index in [0.717, 1.165) is 6.07 Å². The summed E-state index contributed by atoms with van der Waals surface area (Å²) in [5, 5.41) is 25.7. The second-order valence-electron chi connectivity index (χ2n) is 3.75. The molecule has 1 aliphatic rings. The summed E-state index contributed by atoms with van der Waals surface area (Å²) in [6, 6.07) is 1.44. The summed E-state index contributed by atoms with van der Waals surface area (Å²) in [5.41, 5.74) is 0.0419. The van der Waals surface area contributed by atoms with Gasteiger partial charge in [0.15, 0.2) is 11.5 Å². The Labute approximate surface area is 102 Å². The lowest BCUT2D eigenvalue weighted by molar-refractivity contribution is -0.385. The fraction of sp³-hybridized carbons (Fsp3) is 0.300. The number of amides is 2. The highest BCUT2D eigenvalue weighted by molar-refractivity contribution is 5.77. The van der Waals surface area contributed by atoms with E-state index in [-0.39, 0.29) is 35.3 Å². The van der Waals surface area contributed by atoms with Crippen molar-refractivity contribution in [2.45, 2.75) is 6.04 Å². The number of benzene rings is 1. The Morgan fingerprint density at radius 2 is 2.28 bits per heavy atom. The smallest absolute Gasteiger partial charge is 0.315 e. The maximum absolute atomic E-state index is 11.0. The number of nitrogens with zero attached hydrogens (tertiary/aromatic N) is 1. The number of urea groups is 1. The number of carbonyl (C=O) groups excluding carboxylic acids is 1. The third kappa shape index (κ3) is 1.99. The molecule has 8 heteroatoms. The quantitative estimate of drug-likeness (QED) is 0.541. The van der Waals surface area contributed by atoms with Crippen LogP contribution in [0.1, 0.15) is 11.6 Å². The van der Waals surface area contributed by atoms with E-state index in [0.29, 0.717) is 0 Å². The molecule has 0 unspecified atom stereocenters. The number of non-ortho nitro benzene ring substituents is 1. The van der Waals surface area contributed by atoms with Gasteiger partial charge >= 0.3 is 6.03 Å². The van der Waals surface area contributed by atoms with Gasteiger partial charge < -0.3 is 20.5 Å². The third-order valence-electron chi connectivity index (χ3n) is 2.67. The van der Waals surface area contributed by atoms with Crippen LogP contribution in [0.2, 0.25) is 0 Å². The van der Waals surface area contributed by atoms with Gasteiger partial charge in [0, 0.05) is 18.2 Å². The Balaban J connectivity index is 2.47. The molecule has 0 saturated carbocycles. The van der Waals surface area contributed by atoms with Gasteiger partial charge in [-0.1, -0.05) is 0 Å². The minimum absolute atomic E-state index is 0.000323. The number of hydrogen-bond acceptors (Lipinski definition) is 5. The fourth-order valence-electron chi connectivity index (χ4n) is 1.78. The molecule has 0 aliphatic carbocycles. The molecule has 18 heavy (non-hydrogen) atoms. The van der Waals surface area contributed by atoms with E-state index in [4.69, 9.17) is 4.74 Å². The van der Waals surface area contributed by atoms with Crippen LogP contribution in [0.4, 0.5) is 10.5 Å². The van der Waals surface area contributed by atoms with Crippen LogP contribution >= 0.6 is 0 Å². The van der Waals surface area contributed by atoms with Crippen LogP contribution in [0.25, 0.3) is 0 Å². The van der Waals surface area contributed by atoms with E-state index in [1.54, 1.807) is 0 Å². The van der Waals surface area contributed by atoms with E-state index < -0.39 is 11.0 Å². The Morgan fingerprint density at radius 1 is 1.56 bits per heavy atom. The molecule has 1 heterocycles. The van der Waals surface area contributed by atoms with Gasteiger partial charge in [0.05, 0.1) is 24.1 Å². The molecular formula is C10H11N3O5. The van der Waals surface area contributed by atoms with Gasteiger partial charge in [-0.25, -0.2) is 4.79 Å². The summed E-state index contributed by atoms with van der Waals surface area (Å²) in [6.45, 7) is 0.247. The largest absolute Gasteiger partial charge is 0.504 e. The first-order valence-electron chi connectivity index (χ1n) is 5.12. The minimum Gasteiger partial charge on any atom is -0.504 e. The Morgan fingerprint density at radius 3 is 2.78 bits per heavy atom. The van der Waals surface area contributed by atoms with E-state index >= 15 is 0 Å². The van der Waals surface area contributed by atoms with Gasteiger partial charge in [-0.3, -0.25) is 10.1 Å². The van der Waals surface area contributed by atoms with E-state index in [1.807, 2.05) is 0 Å². The van der Waals surface area contributed by atoms with Gasteiger partial charge in [0.1, 0.15) is 0 Å². The molecule has 96 valence electrons. The molecule has 1 atom stereocenters. The lowest BCUT2D eigenvalue weighted by atomic mass is 10.0. The summed E-state index contributed by atoms with van der Waals surface area (Å²) in [6.07, 6.45) is 0. The van der Waals surface area contributed by atoms with Crippen LogP contribution in [0.5, 0.6) is 11.5 Å². The van der Waals surface area contributed by atoms with Crippen LogP contribution in [-0.2, 0) is 0 Å². The SMILES string of the molecule is COc1cc([N+](=O)[O-])cc([C@@H]2CNC(=O)N2)c1O. The molecule has 2 rings (SSSR count). The van der Waals surface area contributed by atoms with Crippen molar-refractivity contribution < 1.29 is 19.6 Å². The van der Waals surface area contributed by atoms with Crippen molar-refractivity contribution in [3.8, 4) is 11.5 Å². The molecule has 1 saturated heterocycles. The van der Waals surface area contributed by atoms with Crippen LogP contribution in [0.15, 0.2) is 12.1 Å². The molecule has 1 aromatic rings. The fourth-order valence-corrected chi connectivity index (χ4v) is 1.78. The Bertz CT molecular complexity index is 516. The number of nitro benzene ring substituents is 1. The molecule has 2 amide bonds. The highest BCUT2D eigenvalue weighted by Gasteiger charge is 2.28. The molecule has 1 aliphatic heterocycles. The first-order valence-corrected chi connectivity index (χ1v) is 5.12. The van der Waals surface area contributed by atoms with Gasteiger partial charge in [-0.15, -0.1) is 0 Å². The number of methoxy groups -OCH3 is 1.